The lowest BCUT2D eigenvalue weighted by atomic mass is 10.0. The number of carbonyl (C=O) groups is 1. The molecule has 1 aliphatic rings. The van der Waals surface area contributed by atoms with Crippen LogP contribution in [0.2, 0.25) is 0 Å². The third kappa shape index (κ3) is 3.75. The molecular formula is C17H12BrF3N2O4. The molecule has 1 aliphatic heterocycles. The topological polar surface area (TPSA) is 72.7 Å². The van der Waals surface area contributed by atoms with Gasteiger partial charge in [0.15, 0.2) is 0 Å². The van der Waals surface area contributed by atoms with E-state index in [9.17, 15) is 28.1 Å². The average Bonchev–Trinajstić information content (AvgIpc) is 2.98. The molecule has 6 nitrogen and oxygen atoms in total. The van der Waals surface area contributed by atoms with Crippen LogP contribution in [0, 0.1) is 15.9 Å². The lowest BCUT2D eigenvalue weighted by molar-refractivity contribution is -0.384. The Morgan fingerprint density at radius 1 is 1.30 bits per heavy atom. The summed E-state index contributed by atoms with van der Waals surface area (Å²) < 4.78 is 43.7. The number of anilines is 1. The number of para-hydroxylation sites is 1. The molecule has 2 aromatic rings. The van der Waals surface area contributed by atoms with Crippen LogP contribution in [0.4, 0.5) is 24.5 Å². The van der Waals surface area contributed by atoms with E-state index in [1.807, 2.05) is 0 Å². The summed E-state index contributed by atoms with van der Waals surface area (Å²) in [5.41, 5.74) is -0.422. The number of hydrogen-bond acceptors (Lipinski definition) is 4. The second-order valence-corrected chi connectivity index (χ2v) is 6.60. The van der Waals surface area contributed by atoms with Crippen molar-refractivity contribution in [3.05, 3.63) is 62.4 Å². The van der Waals surface area contributed by atoms with Crippen LogP contribution in [0.25, 0.3) is 0 Å². The molecular weight excluding hydrogens is 433 g/mol. The van der Waals surface area contributed by atoms with Gasteiger partial charge in [-0.1, -0.05) is 18.2 Å². The zero-order valence-corrected chi connectivity index (χ0v) is 15.2. The van der Waals surface area contributed by atoms with Gasteiger partial charge in [-0.05, 0) is 34.5 Å². The molecule has 0 radical (unpaired) electrons. The normalized spacial score (nSPS) is 16.9. The molecule has 10 heteroatoms. The first kappa shape index (κ1) is 19.2. The molecule has 2 aromatic carbocycles. The predicted octanol–water partition coefficient (Wildman–Crippen LogP) is 4.97. The number of hydrogen-bond donors (Lipinski definition) is 0. The minimum Gasteiger partial charge on any atom is -0.434 e. The van der Waals surface area contributed by atoms with Crippen molar-refractivity contribution in [2.75, 3.05) is 4.90 Å². The van der Waals surface area contributed by atoms with Gasteiger partial charge in [-0.25, -0.2) is 4.39 Å². The van der Waals surface area contributed by atoms with E-state index < -0.39 is 35.0 Å². The Kier molecular flexibility index (Phi) is 5.36. The monoisotopic (exact) mass is 444 g/mol. The lowest BCUT2D eigenvalue weighted by Gasteiger charge is -2.26. The number of alkyl halides is 2. The molecule has 1 saturated heterocycles. The highest BCUT2D eigenvalue weighted by Crippen LogP contribution is 2.45. The fourth-order valence-electron chi connectivity index (χ4n) is 3.10. The van der Waals surface area contributed by atoms with Crippen LogP contribution >= 0.6 is 15.9 Å². The van der Waals surface area contributed by atoms with E-state index in [0.29, 0.717) is 11.6 Å². The molecule has 0 aliphatic carbocycles. The zero-order chi connectivity index (χ0) is 19.7. The maximum absolute atomic E-state index is 13.8. The Bertz CT molecular complexity index is 910. The fourth-order valence-corrected chi connectivity index (χ4v) is 3.44. The molecule has 1 atom stereocenters. The third-order valence-electron chi connectivity index (χ3n) is 4.18. The maximum atomic E-state index is 13.8. The Morgan fingerprint density at radius 2 is 2.00 bits per heavy atom. The molecule has 0 spiro atoms. The molecule has 1 fully saturated rings. The summed E-state index contributed by atoms with van der Waals surface area (Å²) in [4.78, 5) is 24.2. The van der Waals surface area contributed by atoms with Crippen LogP contribution in [0.15, 0.2) is 40.9 Å². The summed E-state index contributed by atoms with van der Waals surface area (Å²) in [6.45, 7) is -3.06. The Balaban J connectivity index is 2.12. The number of amides is 1. The molecule has 142 valence electrons. The first-order valence-corrected chi connectivity index (χ1v) is 8.58. The first-order chi connectivity index (χ1) is 12.8. The number of nitrogens with zero attached hydrogens (tertiary/aromatic N) is 2. The quantitative estimate of drug-likeness (QED) is 0.482. The Morgan fingerprint density at radius 3 is 2.67 bits per heavy atom. The fraction of sp³-hybridized carbons (Fsp3) is 0.235. The van der Waals surface area contributed by atoms with Crippen molar-refractivity contribution in [1.29, 1.82) is 0 Å². The second-order valence-electron chi connectivity index (χ2n) is 5.75. The van der Waals surface area contributed by atoms with Gasteiger partial charge < -0.3 is 4.74 Å². The van der Waals surface area contributed by atoms with Crippen molar-refractivity contribution in [2.45, 2.75) is 25.5 Å². The van der Waals surface area contributed by atoms with E-state index in [0.717, 1.165) is 11.0 Å². The van der Waals surface area contributed by atoms with E-state index in [1.165, 1.54) is 18.2 Å². The molecule has 0 bridgehead atoms. The van der Waals surface area contributed by atoms with E-state index >= 15 is 0 Å². The van der Waals surface area contributed by atoms with Gasteiger partial charge in [0.25, 0.3) is 5.69 Å². The van der Waals surface area contributed by atoms with Gasteiger partial charge in [0.05, 0.1) is 21.5 Å². The van der Waals surface area contributed by atoms with Crippen molar-refractivity contribution in [2.24, 2.45) is 0 Å². The van der Waals surface area contributed by atoms with Crippen molar-refractivity contribution in [3.8, 4) is 5.75 Å². The number of nitro groups is 1. The van der Waals surface area contributed by atoms with Crippen molar-refractivity contribution < 1.29 is 27.6 Å². The molecule has 27 heavy (non-hydrogen) atoms. The number of nitro benzene ring substituents is 1. The zero-order valence-electron chi connectivity index (χ0n) is 13.6. The summed E-state index contributed by atoms with van der Waals surface area (Å²) in [7, 11) is 0. The SMILES string of the molecule is O=C1CC[C@@H](c2ccccc2OC(F)F)N1c1cc(Br)c(F)cc1[N+](=O)[O-]. The standard InChI is InChI=1S/C17H12BrF3N2O4/c18-10-7-13(14(23(25)26)8-11(10)19)22-12(5-6-16(22)24)9-3-1-2-4-15(9)27-17(20)21/h1-4,7-8,12,17H,5-6H2/t12-/m0/s1. The van der Waals surface area contributed by atoms with Crippen LogP contribution in [-0.4, -0.2) is 17.4 Å². The number of carbonyl (C=O) groups excluding carboxylic acids is 1. The van der Waals surface area contributed by atoms with Crippen molar-refractivity contribution >= 4 is 33.2 Å². The first-order valence-electron chi connectivity index (χ1n) is 7.79. The summed E-state index contributed by atoms with van der Waals surface area (Å²) in [5.74, 6) is -1.41. The Labute approximate surface area is 159 Å². The van der Waals surface area contributed by atoms with Crippen molar-refractivity contribution in [3.63, 3.8) is 0 Å². The van der Waals surface area contributed by atoms with Gasteiger partial charge in [0.2, 0.25) is 5.91 Å². The lowest BCUT2D eigenvalue weighted by Crippen LogP contribution is -2.28. The summed E-state index contributed by atoms with van der Waals surface area (Å²) in [6, 6.07) is 7.02. The summed E-state index contributed by atoms with van der Waals surface area (Å²) in [5, 5.41) is 11.4. The van der Waals surface area contributed by atoms with Gasteiger partial charge in [0.1, 0.15) is 17.3 Å². The predicted molar refractivity (Wildman–Crippen MR) is 93.3 cm³/mol. The van der Waals surface area contributed by atoms with E-state index in [2.05, 4.69) is 20.7 Å². The molecule has 0 aromatic heterocycles. The van der Waals surface area contributed by atoms with Gasteiger partial charge in [-0.15, -0.1) is 0 Å². The number of rotatable bonds is 5. The average molecular weight is 445 g/mol. The van der Waals surface area contributed by atoms with E-state index in [4.69, 9.17) is 0 Å². The molecule has 1 heterocycles. The molecule has 1 amide bonds. The van der Waals surface area contributed by atoms with Crippen molar-refractivity contribution in [1.82, 2.24) is 0 Å². The van der Waals surface area contributed by atoms with Gasteiger partial charge in [-0.2, -0.15) is 8.78 Å². The number of ether oxygens (including phenoxy) is 1. The summed E-state index contributed by atoms with van der Waals surface area (Å²) >= 11 is 2.96. The second kappa shape index (κ2) is 7.55. The number of halogens is 4. The highest BCUT2D eigenvalue weighted by atomic mass is 79.9. The Hall–Kier alpha value is -2.62. The van der Waals surface area contributed by atoms with Gasteiger partial charge in [0, 0.05) is 12.0 Å². The smallest absolute Gasteiger partial charge is 0.387 e. The van der Waals surface area contributed by atoms with Crippen LogP contribution in [0.1, 0.15) is 24.4 Å². The van der Waals surface area contributed by atoms with Crippen LogP contribution in [0.5, 0.6) is 5.75 Å². The summed E-state index contributed by atoms with van der Waals surface area (Å²) in [6.07, 6.45) is 0.300. The maximum Gasteiger partial charge on any atom is 0.387 e. The third-order valence-corrected chi connectivity index (χ3v) is 4.79. The molecule has 0 N–H and O–H groups in total. The van der Waals surface area contributed by atoms with Gasteiger partial charge >= 0.3 is 6.61 Å². The highest BCUT2D eigenvalue weighted by Gasteiger charge is 2.39. The van der Waals surface area contributed by atoms with E-state index in [-0.39, 0.29) is 28.8 Å². The van der Waals surface area contributed by atoms with Gasteiger partial charge in [-0.3, -0.25) is 19.8 Å². The molecule has 3 rings (SSSR count). The highest BCUT2D eigenvalue weighted by molar-refractivity contribution is 9.10. The van der Waals surface area contributed by atoms with Crippen LogP contribution < -0.4 is 9.64 Å². The largest absolute Gasteiger partial charge is 0.434 e. The van der Waals surface area contributed by atoms with Crippen LogP contribution in [-0.2, 0) is 4.79 Å². The molecule has 0 unspecified atom stereocenters. The minimum absolute atomic E-state index is 0.0554. The van der Waals surface area contributed by atoms with Crippen LogP contribution in [0.3, 0.4) is 0 Å². The minimum atomic E-state index is -3.06. The molecule has 0 saturated carbocycles. The van der Waals surface area contributed by atoms with E-state index in [1.54, 1.807) is 6.07 Å². The number of benzene rings is 2.